The van der Waals surface area contributed by atoms with E-state index in [0.717, 1.165) is 17.0 Å². The lowest BCUT2D eigenvalue weighted by Crippen LogP contribution is -2.62. The molecule has 0 amide bonds. The molecule has 4 aromatic heterocycles. The van der Waals surface area contributed by atoms with Gasteiger partial charge in [0.15, 0.2) is 24.8 Å². The van der Waals surface area contributed by atoms with Gasteiger partial charge in [-0.25, -0.2) is 18.3 Å². The largest absolute Gasteiger partial charge is 0.213 e. The van der Waals surface area contributed by atoms with E-state index in [0.29, 0.717) is 11.1 Å². The summed E-state index contributed by atoms with van der Waals surface area (Å²) in [5.74, 6) is 0. The third kappa shape index (κ3) is 12.8. The highest BCUT2D eigenvalue weighted by molar-refractivity contribution is 7.03. The van der Waals surface area contributed by atoms with Crippen molar-refractivity contribution in [2.24, 2.45) is 28.2 Å². The highest BCUT2D eigenvalue weighted by Gasteiger charge is 2.50. The van der Waals surface area contributed by atoms with Crippen molar-refractivity contribution in [1.29, 1.82) is 0 Å². The van der Waals surface area contributed by atoms with Gasteiger partial charge in [0.2, 0.25) is 22.8 Å². The predicted octanol–water partition coefficient (Wildman–Crippen LogP) is 17.6. The number of fused-ring (bicyclic) bond motifs is 8. The molecule has 12 aromatic rings. The summed E-state index contributed by atoms with van der Waals surface area (Å²) in [6.07, 6.45) is 8.06. The van der Waals surface area contributed by atoms with Gasteiger partial charge in [-0.3, -0.25) is 0 Å². The Bertz CT molecular complexity index is 5990. The van der Waals surface area contributed by atoms with E-state index < -0.39 is 46.0 Å². The van der Waals surface area contributed by atoms with E-state index in [1.54, 1.807) is 44.8 Å². The van der Waals surface area contributed by atoms with E-state index >= 15 is 0 Å². The summed E-state index contributed by atoms with van der Waals surface area (Å²) in [6.45, 7) is 51.9. The Balaban J connectivity index is 0.000000135. The van der Waals surface area contributed by atoms with Crippen LogP contribution in [0.1, 0.15) is 164 Å². The van der Waals surface area contributed by atoms with Crippen molar-refractivity contribution in [2.45, 2.75) is 199 Å². The second kappa shape index (κ2) is 28.2. The van der Waals surface area contributed by atoms with Crippen LogP contribution in [-0.2, 0) is 49.9 Å². The van der Waals surface area contributed by atoms with Gasteiger partial charge in [0.1, 0.15) is 60.5 Å². The van der Waals surface area contributed by atoms with Crippen LogP contribution in [0.5, 0.6) is 0 Å². The second-order valence-electron chi connectivity index (χ2n) is 37.0. The van der Waals surface area contributed by atoms with E-state index in [9.17, 15) is 0 Å². The van der Waals surface area contributed by atoms with E-state index in [4.69, 9.17) is 8.22 Å². The van der Waals surface area contributed by atoms with Crippen LogP contribution in [0, 0.1) is 69.1 Å². The zero-order chi connectivity index (χ0) is 85.0. The molecule has 0 N–H and O–H groups in total. The fraction of sp³-hybridized carbons (Fsp3) is 0.333. The van der Waals surface area contributed by atoms with Gasteiger partial charge in [0, 0.05) is 76.4 Å². The lowest BCUT2D eigenvalue weighted by molar-refractivity contribution is -0.660. The molecule has 4 aliphatic heterocycles. The molecule has 0 spiro atoms. The van der Waals surface area contributed by atoms with Gasteiger partial charge in [-0.1, -0.05) is 274 Å². The van der Waals surface area contributed by atoms with Crippen LogP contribution in [0.25, 0.3) is 45.0 Å². The molecule has 8 aromatic carbocycles. The highest BCUT2D eigenvalue weighted by atomic mass is 28.3. The van der Waals surface area contributed by atoms with Gasteiger partial charge in [-0.2, -0.15) is 0 Å². The maximum atomic E-state index is 7.90. The van der Waals surface area contributed by atoms with Crippen LogP contribution < -0.4 is 59.8 Å². The fourth-order valence-corrected chi connectivity index (χ4v) is 34.0. The van der Waals surface area contributed by atoms with Gasteiger partial charge in [0.05, 0.1) is 22.3 Å². The first kappa shape index (κ1) is 71.5. The molecule has 8 heteroatoms. The number of benzene rings is 8. The topological polar surface area (TPSA) is 15.5 Å². The minimum Gasteiger partial charge on any atom is -0.201 e. The Morgan fingerprint density at radius 1 is 0.245 bits per heavy atom. The van der Waals surface area contributed by atoms with Crippen molar-refractivity contribution >= 4 is 73.8 Å². The van der Waals surface area contributed by atoms with Crippen molar-refractivity contribution in [3.8, 4) is 45.0 Å². The number of hydrogen-bond donors (Lipinski definition) is 0. The van der Waals surface area contributed by atoms with Crippen LogP contribution in [0.15, 0.2) is 207 Å². The van der Waals surface area contributed by atoms with Crippen molar-refractivity contribution in [2.75, 3.05) is 0 Å². The standard InChI is InChI=1S/2C26H32NSi.2C25H30NSi/c2*1-17-13-14-23-25(24(17)21-15-18(2)19(3)16-27(21)6)26(4,5)20-11-9-10-12-22(20)28(23,7)8;2*1-17-12-14-20(26(5)16-17)23-18(2)13-15-22-24(23)25(3,4)19-10-8-9-11-21(19)27(22,6)7/h2*9-16H,1-8H3;2*8-16H,1-7H3/q4*+1/i3D3;;1D3;. The average molecular weight is 1520 g/mol. The molecule has 0 saturated carbocycles. The third-order valence-electron chi connectivity index (χ3n) is 26.6. The number of aromatic nitrogens is 4. The maximum Gasteiger partial charge on any atom is 0.213 e. The van der Waals surface area contributed by atoms with E-state index in [2.05, 4.69) is 362 Å². The molecule has 0 radical (unpaired) electrons. The van der Waals surface area contributed by atoms with Gasteiger partial charge in [0.25, 0.3) is 0 Å². The smallest absolute Gasteiger partial charge is 0.201 e. The van der Waals surface area contributed by atoms with Gasteiger partial charge in [-0.05, 0) is 180 Å². The number of hydrogen-bond acceptors (Lipinski definition) is 0. The molecule has 0 saturated heterocycles. The first-order chi connectivity index (χ1) is 53.9. The van der Waals surface area contributed by atoms with Crippen molar-refractivity contribution in [1.82, 2.24) is 0 Å². The molecule has 8 heterocycles. The van der Waals surface area contributed by atoms with Crippen molar-refractivity contribution in [3.05, 3.63) is 307 Å². The lowest BCUT2D eigenvalue weighted by Gasteiger charge is -2.44. The molecule has 4 nitrogen and oxygen atoms in total. The van der Waals surface area contributed by atoms with Crippen molar-refractivity contribution < 1.29 is 26.5 Å². The molecule has 16 rings (SSSR count). The molecule has 0 fully saturated rings. The van der Waals surface area contributed by atoms with E-state index in [1.165, 1.54) is 132 Å². The Hall–Kier alpha value is -8.77. The third-order valence-corrected chi connectivity index (χ3v) is 40.8. The number of nitrogens with zero attached hydrogens (tertiary/aromatic N) is 4. The fourth-order valence-electron chi connectivity index (χ4n) is 20.2. The first-order valence-corrected chi connectivity index (χ1v) is 51.8. The number of aryl methyl sites for hydroxylation is 14. The summed E-state index contributed by atoms with van der Waals surface area (Å²) in [7, 11) is 1.03. The zero-order valence-corrected chi connectivity index (χ0v) is 75.4. The van der Waals surface area contributed by atoms with Crippen LogP contribution in [0.2, 0.25) is 52.4 Å². The molecule has 4 aliphatic rings. The Kier molecular flexibility index (Phi) is 18.3. The second-order valence-corrected chi connectivity index (χ2v) is 54.3. The normalized spacial score (nSPS) is 17.5. The monoisotopic (exact) mass is 1520 g/mol. The summed E-state index contributed by atoms with van der Waals surface area (Å²) in [5, 5.41) is 12.3. The van der Waals surface area contributed by atoms with Crippen LogP contribution in [0.3, 0.4) is 0 Å². The molecule has 0 atom stereocenters. The number of rotatable bonds is 4. The van der Waals surface area contributed by atoms with E-state index in [1.807, 2.05) is 36.2 Å². The van der Waals surface area contributed by atoms with Crippen LogP contribution in [-0.4, -0.2) is 32.3 Å². The Morgan fingerprint density at radius 3 is 0.791 bits per heavy atom. The molecule has 0 aliphatic carbocycles. The Morgan fingerprint density at radius 2 is 0.500 bits per heavy atom. The van der Waals surface area contributed by atoms with Crippen LogP contribution in [0.4, 0.5) is 0 Å². The summed E-state index contributed by atoms with van der Waals surface area (Å²) in [6, 6.07) is 67.6. The van der Waals surface area contributed by atoms with E-state index in [-0.39, 0.29) is 21.7 Å². The summed E-state index contributed by atoms with van der Waals surface area (Å²) < 4.78 is 55.6. The lowest BCUT2D eigenvalue weighted by atomic mass is 9.74. The minimum atomic E-state index is -2.11. The molecular formula is C102H124N4Si4+4. The molecule has 110 heavy (non-hydrogen) atoms. The summed E-state index contributed by atoms with van der Waals surface area (Å²) >= 11 is 0. The maximum absolute atomic E-state index is 7.90. The predicted molar refractivity (Wildman–Crippen MR) is 481 cm³/mol. The Labute approximate surface area is 674 Å². The molecule has 0 unspecified atom stereocenters. The van der Waals surface area contributed by atoms with Gasteiger partial charge in [-0.15, -0.1) is 0 Å². The summed E-state index contributed by atoms with van der Waals surface area (Å²) in [5.41, 5.74) is 32.4. The summed E-state index contributed by atoms with van der Waals surface area (Å²) in [4.78, 5) is 0. The highest BCUT2D eigenvalue weighted by Crippen LogP contribution is 2.47. The zero-order valence-electron chi connectivity index (χ0n) is 77.4. The quantitative estimate of drug-likeness (QED) is 0.123. The number of pyridine rings is 4. The molecule has 0 bridgehead atoms. The molecule has 564 valence electrons. The minimum absolute atomic E-state index is 0.00626. The molecular weight excluding hydrogens is 1390 g/mol. The average Bonchev–Trinajstić information content (AvgIpc) is 0.720. The van der Waals surface area contributed by atoms with Crippen molar-refractivity contribution in [3.63, 3.8) is 0 Å². The van der Waals surface area contributed by atoms with Gasteiger partial charge >= 0.3 is 0 Å². The SMILES string of the molecule is Cc1cc(-c2c(C)ccc3c2C(C)(C)c2ccccc2[Si]3(C)C)[n+](C)cc1C.Cc1ccc(-c2c(C)ccc3c2C(C)(C)c2ccccc2[Si]3(C)C)[n+](C)c1.[2H]C([2H])([2H])c1c[n+](C)c(-c2c(C)ccc3c2C(C)(C)c2ccccc2[Si]3(C)C)cc1C.[2H]C([2H])([2H])c1ccc(-c2c(C)ccc3c2C(C)(C)c2ccccc2[Si]3(C)C)[n+](C)c1. The van der Waals surface area contributed by atoms with Gasteiger partial charge < -0.3 is 0 Å². The first-order valence-electron chi connectivity index (χ1n) is 42.8. The van der Waals surface area contributed by atoms with Crippen LogP contribution >= 0.6 is 0 Å².